The number of hydrogen-bond acceptors (Lipinski definition) is 3. The van der Waals surface area contributed by atoms with Gasteiger partial charge in [-0.2, -0.15) is 5.10 Å². The molecule has 0 saturated carbocycles. The second-order valence-electron chi connectivity index (χ2n) is 6.33. The van der Waals surface area contributed by atoms with Crippen LogP contribution >= 0.6 is 0 Å². The van der Waals surface area contributed by atoms with E-state index in [1.54, 1.807) is 10.8 Å². The van der Waals surface area contributed by atoms with E-state index in [2.05, 4.69) is 15.5 Å². The number of carbonyl (C=O) groups excluding carboxylic acids is 1. The zero-order chi connectivity index (χ0) is 18.1. The molecular weight excluding hydrogens is 328 g/mol. The second-order valence-corrected chi connectivity index (χ2v) is 6.33. The predicted octanol–water partition coefficient (Wildman–Crippen LogP) is 2.50. The van der Waals surface area contributed by atoms with Crippen LogP contribution in [0.2, 0.25) is 0 Å². The Morgan fingerprint density at radius 1 is 1.12 bits per heavy atom. The summed E-state index contributed by atoms with van der Waals surface area (Å²) >= 11 is 0. The molecule has 2 aromatic carbocycles. The minimum Gasteiger partial charge on any atom is -0.350 e. The lowest BCUT2D eigenvalue weighted by Gasteiger charge is -2.09. The standard InChI is InChI=1S/C20H18N4O2/c1-13-6-8-14(9-7-13)10-21-18(25)12-24-17-5-3-2-4-15(17)16-11-22-23-20(26)19(16)24/h2-9,11H,10,12H2,1H3,(H,21,25)(H,23,26). The van der Waals surface area contributed by atoms with E-state index in [0.29, 0.717) is 12.1 Å². The number of nitrogens with one attached hydrogen (secondary N) is 2. The first-order chi connectivity index (χ1) is 12.6. The number of aryl methyl sites for hydroxylation is 1. The number of hydrogen-bond donors (Lipinski definition) is 2. The molecule has 0 atom stereocenters. The van der Waals surface area contributed by atoms with Gasteiger partial charge in [-0.15, -0.1) is 0 Å². The minimum atomic E-state index is -0.301. The molecule has 0 aliphatic carbocycles. The van der Waals surface area contributed by atoms with Crippen LogP contribution in [-0.2, 0) is 17.9 Å². The van der Waals surface area contributed by atoms with Crippen molar-refractivity contribution in [2.75, 3.05) is 0 Å². The summed E-state index contributed by atoms with van der Waals surface area (Å²) in [4.78, 5) is 24.8. The monoisotopic (exact) mass is 346 g/mol. The van der Waals surface area contributed by atoms with Gasteiger partial charge in [-0.3, -0.25) is 9.59 Å². The highest BCUT2D eigenvalue weighted by Gasteiger charge is 2.15. The Kier molecular flexibility index (Phi) is 4.01. The van der Waals surface area contributed by atoms with E-state index in [0.717, 1.165) is 21.9 Å². The molecular formula is C20H18N4O2. The first-order valence-corrected chi connectivity index (χ1v) is 8.40. The van der Waals surface area contributed by atoms with Gasteiger partial charge in [0.2, 0.25) is 5.91 Å². The number of rotatable bonds is 4. The van der Waals surface area contributed by atoms with Gasteiger partial charge in [0.1, 0.15) is 12.1 Å². The number of nitrogens with zero attached hydrogens (tertiary/aromatic N) is 2. The number of para-hydroxylation sites is 1. The topological polar surface area (TPSA) is 79.8 Å². The van der Waals surface area contributed by atoms with Gasteiger partial charge in [-0.1, -0.05) is 48.0 Å². The molecule has 1 amide bonds. The molecule has 0 aliphatic heterocycles. The van der Waals surface area contributed by atoms with E-state index < -0.39 is 0 Å². The maximum absolute atomic E-state index is 12.5. The van der Waals surface area contributed by atoms with E-state index in [1.165, 1.54) is 5.56 Å². The number of aromatic amines is 1. The smallest absolute Gasteiger partial charge is 0.288 e. The Labute approximate surface area is 149 Å². The molecule has 26 heavy (non-hydrogen) atoms. The zero-order valence-corrected chi connectivity index (χ0v) is 14.3. The van der Waals surface area contributed by atoms with Crippen LogP contribution in [0.25, 0.3) is 21.8 Å². The van der Waals surface area contributed by atoms with Crippen LogP contribution in [0.15, 0.2) is 59.5 Å². The van der Waals surface area contributed by atoms with Gasteiger partial charge in [-0.25, -0.2) is 5.10 Å². The third kappa shape index (κ3) is 2.86. The molecule has 0 bridgehead atoms. The lowest BCUT2D eigenvalue weighted by Crippen LogP contribution is -2.28. The summed E-state index contributed by atoms with van der Waals surface area (Å²) in [6.45, 7) is 2.55. The van der Waals surface area contributed by atoms with Crippen LogP contribution in [0.3, 0.4) is 0 Å². The van der Waals surface area contributed by atoms with Gasteiger partial charge in [0.25, 0.3) is 5.56 Å². The van der Waals surface area contributed by atoms with E-state index in [-0.39, 0.29) is 18.0 Å². The fourth-order valence-corrected chi connectivity index (χ4v) is 3.18. The third-order valence-corrected chi connectivity index (χ3v) is 4.50. The second kappa shape index (κ2) is 6.48. The number of fused-ring (bicyclic) bond motifs is 3. The van der Waals surface area contributed by atoms with Crippen LogP contribution in [0.5, 0.6) is 0 Å². The molecule has 0 saturated heterocycles. The van der Waals surface area contributed by atoms with Gasteiger partial charge in [0.15, 0.2) is 0 Å². The average molecular weight is 346 g/mol. The molecule has 0 radical (unpaired) electrons. The van der Waals surface area contributed by atoms with Crippen LogP contribution in [-0.4, -0.2) is 20.7 Å². The van der Waals surface area contributed by atoms with Crippen molar-refractivity contribution in [3.63, 3.8) is 0 Å². The van der Waals surface area contributed by atoms with Gasteiger partial charge < -0.3 is 9.88 Å². The van der Waals surface area contributed by atoms with Crippen LogP contribution < -0.4 is 10.9 Å². The fraction of sp³-hybridized carbons (Fsp3) is 0.150. The fourth-order valence-electron chi connectivity index (χ4n) is 3.18. The van der Waals surface area contributed by atoms with Crippen molar-refractivity contribution in [3.05, 3.63) is 76.2 Å². The van der Waals surface area contributed by atoms with Gasteiger partial charge >= 0.3 is 0 Å². The highest BCUT2D eigenvalue weighted by molar-refractivity contribution is 6.07. The third-order valence-electron chi connectivity index (χ3n) is 4.50. The summed E-state index contributed by atoms with van der Waals surface area (Å²) in [7, 11) is 0. The largest absolute Gasteiger partial charge is 0.350 e. The van der Waals surface area contributed by atoms with Crippen molar-refractivity contribution in [2.45, 2.75) is 20.0 Å². The molecule has 4 aromatic rings. The van der Waals surface area contributed by atoms with Crippen molar-refractivity contribution in [1.29, 1.82) is 0 Å². The molecule has 0 spiro atoms. The molecule has 0 aliphatic rings. The van der Waals surface area contributed by atoms with Crippen molar-refractivity contribution in [3.8, 4) is 0 Å². The highest BCUT2D eigenvalue weighted by atomic mass is 16.2. The minimum absolute atomic E-state index is 0.0724. The van der Waals surface area contributed by atoms with Gasteiger partial charge in [-0.05, 0) is 18.6 Å². The Morgan fingerprint density at radius 2 is 1.88 bits per heavy atom. The average Bonchev–Trinajstić information content (AvgIpc) is 2.97. The summed E-state index contributed by atoms with van der Waals surface area (Å²) in [5.41, 5.74) is 3.22. The SMILES string of the molecule is Cc1ccc(CNC(=O)Cn2c3ccccc3c3cn[nH]c(=O)c32)cc1. The summed E-state index contributed by atoms with van der Waals surface area (Å²) in [5.74, 6) is -0.149. The first kappa shape index (κ1) is 16.1. The summed E-state index contributed by atoms with van der Waals surface area (Å²) in [5, 5.41) is 10.9. The Balaban J connectivity index is 1.64. The molecule has 6 heteroatoms. The molecule has 130 valence electrons. The van der Waals surface area contributed by atoms with Crippen LogP contribution in [0, 0.1) is 6.92 Å². The van der Waals surface area contributed by atoms with Crippen LogP contribution in [0.4, 0.5) is 0 Å². The lowest BCUT2D eigenvalue weighted by atomic mass is 10.1. The number of aromatic nitrogens is 3. The van der Waals surface area contributed by atoms with E-state index in [9.17, 15) is 9.59 Å². The molecule has 6 nitrogen and oxygen atoms in total. The number of carbonyl (C=O) groups is 1. The molecule has 0 unspecified atom stereocenters. The summed E-state index contributed by atoms with van der Waals surface area (Å²) in [6.07, 6.45) is 1.62. The Hall–Kier alpha value is -3.41. The van der Waals surface area contributed by atoms with Crippen molar-refractivity contribution < 1.29 is 4.79 Å². The van der Waals surface area contributed by atoms with E-state index in [1.807, 2.05) is 55.5 Å². The zero-order valence-electron chi connectivity index (χ0n) is 14.3. The Bertz CT molecular complexity index is 1160. The van der Waals surface area contributed by atoms with Gasteiger partial charge in [0, 0.05) is 22.8 Å². The predicted molar refractivity (Wildman–Crippen MR) is 101 cm³/mol. The maximum Gasteiger partial charge on any atom is 0.288 e. The van der Waals surface area contributed by atoms with Crippen molar-refractivity contribution >= 4 is 27.7 Å². The molecule has 0 fully saturated rings. The highest BCUT2D eigenvalue weighted by Crippen LogP contribution is 2.25. The normalized spacial score (nSPS) is 11.1. The number of amides is 1. The first-order valence-electron chi connectivity index (χ1n) is 8.40. The molecule has 2 heterocycles. The molecule has 2 N–H and O–H groups in total. The Morgan fingerprint density at radius 3 is 2.69 bits per heavy atom. The van der Waals surface area contributed by atoms with E-state index in [4.69, 9.17) is 0 Å². The lowest BCUT2D eigenvalue weighted by molar-refractivity contribution is -0.121. The van der Waals surface area contributed by atoms with E-state index >= 15 is 0 Å². The molecule has 2 aromatic heterocycles. The quantitative estimate of drug-likeness (QED) is 0.596. The number of benzene rings is 2. The maximum atomic E-state index is 12.5. The van der Waals surface area contributed by atoms with Gasteiger partial charge in [0.05, 0.1) is 6.20 Å². The number of H-pyrrole nitrogens is 1. The molecule has 4 rings (SSSR count). The summed E-state index contributed by atoms with van der Waals surface area (Å²) < 4.78 is 1.75. The van der Waals surface area contributed by atoms with Crippen molar-refractivity contribution in [1.82, 2.24) is 20.1 Å². The van der Waals surface area contributed by atoms with Crippen molar-refractivity contribution in [2.24, 2.45) is 0 Å². The summed E-state index contributed by atoms with van der Waals surface area (Å²) in [6, 6.07) is 15.6. The van der Waals surface area contributed by atoms with Crippen LogP contribution in [0.1, 0.15) is 11.1 Å².